The lowest BCUT2D eigenvalue weighted by molar-refractivity contribution is -0.126. The van der Waals surface area contributed by atoms with Crippen molar-refractivity contribution in [3.63, 3.8) is 0 Å². The number of nitrogens with two attached hydrogens (primary N) is 1. The van der Waals surface area contributed by atoms with Crippen LogP contribution in [0.25, 0.3) is 6.08 Å². The fourth-order valence-electron chi connectivity index (χ4n) is 2.25. The fraction of sp³-hybridized carbons (Fsp3) is 0.200. The van der Waals surface area contributed by atoms with E-state index in [2.05, 4.69) is 0 Å². The van der Waals surface area contributed by atoms with Gasteiger partial charge in [0.15, 0.2) is 6.61 Å². The summed E-state index contributed by atoms with van der Waals surface area (Å²) in [5, 5.41) is 0. The average molecular weight is 338 g/mol. The Bertz CT molecular complexity index is 724. The van der Waals surface area contributed by atoms with Gasteiger partial charge in [0.2, 0.25) is 5.91 Å². The number of nitrogens with zero attached hydrogens (tertiary/aromatic N) is 1. The van der Waals surface area contributed by atoms with Crippen molar-refractivity contribution in [2.24, 2.45) is 5.73 Å². The van der Waals surface area contributed by atoms with E-state index in [1.165, 1.54) is 0 Å². The third-order valence-electron chi connectivity index (χ3n) is 3.59. The summed E-state index contributed by atoms with van der Waals surface area (Å²) in [6.07, 6.45) is 3.32. The topological polar surface area (TPSA) is 72.6 Å². The van der Waals surface area contributed by atoms with Gasteiger partial charge in [0.1, 0.15) is 5.75 Å². The van der Waals surface area contributed by atoms with Crippen LogP contribution >= 0.6 is 0 Å². The molecule has 5 heteroatoms. The molecule has 0 aliphatic carbocycles. The zero-order valence-corrected chi connectivity index (χ0v) is 14.2. The van der Waals surface area contributed by atoms with E-state index < -0.39 is 5.91 Å². The van der Waals surface area contributed by atoms with Gasteiger partial charge in [-0.3, -0.25) is 9.59 Å². The number of primary amides is 1. The Balaban J connectivity index is 1.94. The Morgan fingerprint density at radius 1 is 1.08 bits per heavy atom. The number of rotatable bonds is 8. The van der Waals surface area contributed by atoms with Crippen molar-refractivity contribution in [3.05, 3.63) is 71.8 Å². The summed E-state index contributed by atoms with van der Waals surface area (Å²) in [5.74, 6) is -0.00501. The summed E-state index contributed by atoms with van der Waals surface area (Å²) >= 11 is 0. The minimum atomic E-state index is -0.521. The van der Waals surface area contributed by atoms with Crippen molar-refractivity contribution < 1.29 is 14.3 Å². The maximum absolute atomic E-state index is 12.4. The Kier molecular flexibility index (Phi) is 6.77. The Hall–Kier alpha value is -3.08. The lowest BCUT2D eigenvalue weighted by Crippen LogP contribution is -2.28. The summed E-state index contributed by atoms with van der Waals surface area (Å²) < 4.78 is 5.20. The number of carbonyl (C=O) groups is 2. The first-order chi connectivity index (χ1) is 12.1. The van der Waals surface area contributed by atoms with E-state index in [4.69, 9.17) is 10.5 Å². The molecule has 0 saturated carbocycles. The van der Waals surface area contributed by atoms with E-state index in [-0.39, 0.29) is 12.5 Å². The number of carbonyl (C=O) groups excluding carboxylic acids is 2. The molecule has 0 radical (unpaired) electrons. The van der Waals surface area contributed by atoms with Gasteiger partial charge in [-0.1, -0.05) is 42.5 Å². The number of ether oxygens (including phenoxy) is 1. The van der Waals surface area contributed by atoms with Crippen LogP contribution in [0.1, 0.15) is 18.1 Å². The monoisotopic (exact) mass is 338 g/mol. The van der Waals surface area contributed by atoms with Crippen molar-refractivity contribution in [1.29, 1.82) is 0 Å². The van der Waals surface area contributed by atoms with Crippen molar-refractivity contribution >= 4 is 17.9 Å². The van der Waals surface area contributed by atoms with Crippen molar-refractivity contribution in [2.45, 2.75) is 13.5 Å². The van der Waals surface area contributed by atoms with Gasteiger partial charge in [-0.05, 0) is 36.3 Å². The zero-order valence-electron chi connectivity index (χ0n) is 14.2. The molecule has 5 nitrogen and oxygen atoms in total. The van der Waals surface area contributed by atoms with E-state index >= 15 is 0 Å². The molecule has 0 unspecified atom stereocenters. The summed E-state index contributed by atoms with van der Waals surface area (Å²) in [6.45, 7) is 3.02. The fourth-order valence-corrected chi connectivity index (χ4v) is 2.25. The van der Waals surface area contributed by atoms with Gasteiger partial charge in [-0.15, -0.1) is 0 Å². The third kappa shape index (κ3) is 6.14. The zero-order chi connectivity index (χ0) is 18.1. The summed E-state index contributed by atoms with van der Waals surface area (Å²) in [4.78, 5) is 24.8. The van der Waals surface area contributed by atoms with Gasteiger partial charge in [0, 0.05) is 19.2 Å². The van der Waals surface area contributed by atoms with E-state index in [9.17, 15) is 9.59 Å². The molecule has 0 aromatic heterocycles. The van der Waals surface area contributed by atoms with E-state index in [0.717, 1.165) is 11.1 Å². The number of hydrogen-bond acceptors (Lipinski definition) is 3. The molecule has 2 rings (SSSR count). The minimum Gasteiger partial charge on any atom is -0.484 e. The highest BCUT2D eigenvalue weighted by Gasteiger charge is 2.08. The van der Waals surface area contributed by atoms with Crippen LogP contribution in [0.3, 0.4) is 0 Å². The van der Waals surface area contributed by atoms with E-state index in [1.54, 1.807) is 29.2 Å². The second-order valence-electron chi connectivity index (χ2n) is 5.50. The minimum absolute atomic E-state index is 0.0413. The standard InChI is InChI=1S/C20H22N2O3/c1-2-22(14-17-6-4-3-5-7-17)20(24)13-10-16-8-11-18(12-9-16)25-15-19(21)23/h3-13H,2,14-15H2,1H3,(H2,21,23). The first-order valence-corrected chi connectivity index (χ1v) is 8.10. The van der Waals surface area contributed by atoms with Gasteiger partial charge in [-0.2, -0.15) is 0 Å². The predicted octanol–water partition coefficient (Wildman–Crippen LogP) is 2.61. The molecule has 0 aliphatic rings. The van der Waals surface area contributed by atoms with Crippen LogP contribution in [0.5, 0.6) is 5.75 Å². The predicted molar refractivity (Wildman–Crippen MR) is 97.7 cm³/mol. The Morgan fingerprint density at radius 3 is 2.36 bits per heavy atom. The summed E-state index contributed by atoms with van der Waals surface area (Å²) in [6, 6.07) is 17.0. The highest BCUT2D eigenvalue weighted by Crippen LogP contribution is 2.13. The first-order valence-electron chi connectivity index (χ1n) is 8.10. The molecule has 0 aliphatic heterocycles. The smallest absolute Gasteiger partial charge is 0.255 e. The number of benzene rings is 2. The summed E-state index contributed by atoms with van der Waals surface area (Å²) in [7, 11) is 0. The number of amides is 2. The second kappa shape index (κ2) is 9.27. The lowest BCUT2D eigenvalue weighted by atomic mass is 10.2. The van der Waals surface area contributed by atoms with Crippen LogP contribution < -0.4 is 10.5 Å². The Morgan fingerprint density at radius 2 is 1.76 bits per heavy atom. The SMILES string of the molecule is CCN(Cc1ccccc1)C(=O)C=Cc1ccc(OCC(N)=O)cc1. The molecule has 0 bridgehead atoms. The maximum Gasteiger partial charge on any atom is 0.255 e. The molecule has 0 saturated heterocycles. The van der Waals surface area contributed by atoms with Crippen LogP contribution in [0.15, 0.2) is 60.7 Å². The molecule has 0 fully saturated rings. The molecule has 2 amide bonds. The first kappa shape index (κ1) is 18.3. The van der Waals surface area contributed by atoms with Crippen molar-refractivity contribution in [1.82, 2.24) is 4.90 Å². The molecule has 2 N–H and O–H groups in total. The van der Waals surface area contributed by atoms with Gasteiger partial charge in [0.25, 0.3) is 5.91 Å². The van der Waals surface area contributed by atoms with Crippen LogP contribution in [-0.2, 0) is 16.1 Å². The van der Waals surface area contributed by atoms with Crippen LogP contribution in [0.4, 0.5) is 0 Å². The van der Waals surface area contributed by atoms with Gasteiger partial charge < -0.3 is 15.4 Å². The molecule has 2 aromatic rings. The molecule has 2 aromatic carbocycles. The van der Waals surface area contributed by atoms with Gasteiger partial charge in [-0.25, -0.2) is 0 Å². The highest BCUT2D eigenvalue weighted by atomic mass is 16.5. The third-order valence-corrected chi connectivity index (χ3v) is 3.59. The van der Waals surface area contributed by atoms with Crippen LogP contribution in [0.2, 0.25) is 0 Å². The number of likely N-dealkylation sites (N-methyl/N-ethyl adjacent to an activating group) is 1. The number of hydrogen-bond donors (Lipinski definition) is 1. The van der Waals surface area contributed by atoms with Gasteiger partial charge in [0.05, 0.1) is 0 Å². The average Bonchev–Trinajstić information content (AvgIpc) is 2.64. The normalized spacial score (nSPS) is 10.6. The maximum atomic E-state index is 12.4. The molecular weight excluding hydrogens is 316 g/mol. The molecule has 25 heavy (non-hydrogen) atoms. The largest absolute Gasteiger partial charge is 0.484 e. The second-order valence-corrected chi connectivity index (χ2v) is 5.50. The molecule has 0 heterocycles. The van der Waals surface area contributed by atoms with Crippen LogP contribution in [0, 0.1) is 0 Å². The van der Waals surface area contributed by atoms with Crippen LogP contribution in [-0.4, -0.2) is 29.9 Å². The summed E-state index contributed by atoms with van der Waals surface area (Å²) in [5.41, 5.74) is 7.00. The van der Waals surface area contributed by atoms with Crippen molar-refractivity contribution in [2.75, 3.05) is 13.2 Å². The van der Waals surface area contributed by atoms with E-state index in [0.29, 0.717) is 18.8 Å². The molecule has 0 spiro atoms. The molecule has 130 valence electrons. The molecule has 0 atom stereocenters. The quantitative estimate of drug-likeness (QED) is 0.752. The lowest BCUT2D eigenvalue weighted by Gasteiger charge is -2.19. The van der Waals surface area contributed by atoms with E-state index in [1.807, 2.05) is 49.4 Å². The Labute approximate surface area is 147 Å². The van der Waals surface area contributed by atoms with Gasteiger partial charge >= 0.3 is 0 Å². The van der Waals surface area contributed by atoms with Crippen molar-refractivity contribution in [3.8, 4) is 5.75 Å². The highest BCUT2D eigenvalue weighted by molar-refractivity contribution is 5.91. The molecular formula is C20H22N2O3.